The number of para-hydroxylation sites is 1. The number of hydrogen-bond acceptors (Lipinski definition) is 3. The van der Waals surface area contributed by atoms with Crippen LogP contribution in [0.15, 0.2) is 48.5 Å². The Morgan fingerprint density at radius 2 is 1.42 bits per heavy atom. The van der Waals surface area contributed by atoms with Gasteiger partial charge in [-0.3, -0.25) is 0 Å². The first kappa shape index (κ1) is 18.2. The van der Waals surface area contributed by atoms with Gasteiger partial charge in [-0.2, -0.15) is 0 Å². The maximum absolute atomic E-state index is 5.90. The Morgan fingerprint density at radius 3 is 2.08 bits per heavy atom. The Morgan fingerprint density at radius 1 is 0.792 bits per heavy atom. The van der Waals surface area contributed by atoms with Gasteiger partial charge in [-0.05, 0) is 42.2 Å². The maximum atomic E-state index is 5.90. The van der Waals surface area contributed by atoms with Crippen molar-refractivity contribution in [2.24, 2.45) is 11.8 Å². The molecule has 0 aliphatic rings. The molecular formula is C21H29NO2. The minimum Gasteiger partial charge on any atom is -0.493 e. The molecule has 0 saturated heterocycles. The van der Waals surface area contributed by atoms with Gasteiger partial charge in [0.1, 0.15) is 11.5 Å². The minimum absolute atomic E-state index is 0.518. The van der Waals surface area contributed by atoms with Crippen molar-refractivity contribution in [3.05, 3.63) is 54.1 Å². The summed E-state index contributed by atoms with van der Waals surface area (Å²) < 4.78 is 11.6. The van der Waals surface area contributed by atoms with Crippen molar-refractivity contribution in [2.75, 3.05) is 18.5 Å². The topological polar surface area (TPSA) is 30.5 Å². The first-order valence-corrected chi connectivity index (χ1v) is 8.72. The van der Waals surface area contributed by atoms with E-state index in [2.05, 4.69) is 39.1 Å². The van der Waals surface area contributed by atoms with Crippen molar-refractivity contribution in [3.63, 3.8) is 0 Å². The molecular weight excluding hydrogens is 298 g/mol. The molecule has 2 aromatic rings. The van der Waals surface area contributed by atoms with Crippen molar-refractivity contribution in [3.8, 4) is 11.5 Å². The Hall–Kier alpha value is -2.16. The maximum Gasteiger partial charge on any atom is 0.124 e. The molecule has 130 valence electrons. The predicted molar refractivity (Wildman–Crippen MR) is 101 cm³/mol. The van der Waals surface area contributed by atoms with Gasteiger partial charge in [-0.25, -0.2) is 0 Å². The van der Waals surface area contributed by atoms with Crippen LogP contribution in [0.25, 0.3) is 0 Å². The standard InChI is InChI=1S/C21H29NO2/c1-16(2)14-23-20-11-9-19(10-12-20)22-13-18-7-5-6-8-21(18)24-15-17(3)4/h5-12,16-17,22H,13-15H2,1-4H3. The third-order valence-electron chi connectivity index (χ3n) is 3.47. The van der Waals surface area contributed by atoms with Crippen LogP contribution in [0, 0.1) is 11.8 Å². The number of benzene rings is 2. The lowest BCUT2D eigenvalue weighted by atomic mass is 10.2. The second-order valence-electron chi connectivity index (χ2n) is 6.90. The molecule has 0 atom stereocenters. The quantitative estimate of drug-likeness (QED) is 0.672. The molecule has 2 rings (SSSR count). The fraction of sp³-hybridized carbons (Fsp3) is 0.429. The average molecular weight is 327 g/mol. The first-order chi connectivity index (χ1) is 11.5. The number of nitrogens with one attached hydrogen (secondary N) is 1. The number of ether oxygens (including phenoxy) is 2. The summed E-state index contributed by atoms with van der Waals surface area (Å²) in [6.45, 7) is 10.8. The lowest BCUT2D eigenvalue weighted by Crippen LogP contribution is -2.08. The Labute approximate surface area is 146 Å². The van der Waals surface area contributed by atoms with Crippen LogP contribution < -0.4 is 14.8 Å². The molecule has 3 nitrogen and oxygen atoms in total. The van der Waals surface area contributed by atoms with Crippen molar-refractivity contribution in [1.29, 1.82) is 0 Å². The molecule has 0 aromatic heterocycles. The molecule has 0 aliphatic heterocycles. The summed E-state index contributed by atoms with van der Waals surface area (Å²) >= 11 is 0. The summed E-state index contributed by atoms with van der Waals surface area (Å²) in [5.74, 6) is 2.92. The van der Waals surface area contributed by atoms with Crippen LogP contribution in [-0.2, 0) is 6.54 Å². The highest BCUT2D eigenvalue weighted by atomic mass is 16.5. The zero-order valence-electron chi connectivity index (χ0n) is 15.2. The smallest absolute Gasteiger partial charge is 0.124 e. The van der Waals surface area contributed by atoms with Gasteiger partial charge in [0.25, 0.3) is 0 Å². The Bertz CT molecular complexity index is 605. The van der Waals surface area contributed by atoms with E-state index in [-0.39, 0.29) is 0 Å². The van der Waals surface area contributed by atoms with E-state index in [1.807, 2.05) is 42.5 Å². The van der Waals surface area contributed by atoms with Gasteiger partial charge in [0.05, 0.1) is 13.2 Å². The molecule has 0 radical (unpaired) electrons. The lowest BCUT2D eigenvalue weighted by Gasteiger charge is -2.14. The molecule has 0 fully saturated rings. The van der Waals surface area contributed by atoms with E-state index in [0.717, 1.165) is 36.9 Å². The van der Waals surface area contributed by atoms with E-state index >= 15 is 0 Å². The second-order valence-corrected chi connectivity index (χ2v) is 6.90. The van der Waals surface area contributed by atoms with Crippen molar-refractivity contribution in [1.82, 2.24) is 0 Å². The molecule has 0 bridgehead atoms. The highest BCUT2D eigenvalue weighted by Crippen LogP contribution is 2.21. The largest absolute Gasteiger partial charge is 0.493 e. The first-order valence-electron chi connectivity index (χ1n) is 8.72. The van der Waals surface area contributed by atoms with E-state index in [9.17, 15) is 0 Å². The van der Waals surface area contributed by atoms with Crippen LogP contribution in [0.4, 0.5) is 5.69 Å². The van der Waals surface area contributed by atoms with E-state index in [1.54, 1.807) is 0 Å². The fourth-order valence-corrected chi connectivity index (χ4v) is 2.18. The normalized spacial score (nSPS) is 10.9. The van der Waals surface area contributed by atoms with Crippen molar-refractivity contribution in [2.45, 2.75) is 34.2 Å². The highest BCUT2D eigenvalue weighted by molar-refractivity contribution is 5.47. The number of hydrogen-bond donors (Lipinski definition) is 1. The van der Waals surface area contributed by atoms with E-state index in [1.165, 1.54) is 5.56 Å². The monoisotopic (exact) mass is 327 g/mol. The van der Waals surface area contributed by atoms with Gasteiger partial charge in [0.2, 0.25) is 0 Å². The minimum atomic E-state index is 0.518. The van der Waals surface area contributed by atoms with Crippen LogP contribution in [0.1, 0.15) is 33.3 Å². The molecule has 0 spiro atoms. The fourth-order valence-electron chi connectivity index (χ4n) is 2.18. The molecule has 0 unspecified atom stereocenters. The zero-order valence-corrected chi connectivity index (χ0v) is 15.2. The molecule has 0 amide bonds. The Kier molecular flexibility index (Phi) is 6.98. The zero-order chi connectivity index (χ0) is 17.4. The average Bonchev–Trinajstić information content (AvgIpc) is 2.57. The number of anilines is 1. The molecule has 0 aliphatic carbocycles. The van der Waals surface area contributed by atoms with E-state index in [4.69, 9.17) is 9.47 Å². The van der Waals surface area contributed by atoms with Gasteiger partial charge >= 0.3 is 0 Å². The molecule has 1 N–H and O–H groups in total. The molecule has 24 heavy (non-hydrogen) atoms. The summed E-state index contributed by atoms with van der Waals surface area (Å²) in [4.78, 5) is 0. The number of rotatable bonds is 9. The van der Waals surface area contributed by atoms with Gasteiger partial charge in [-0.15, -0.1) is 0 Å². The van der Waals surface area contributed by atoms with E-state index < -0.39 is 0 Å². The van der Waals surface area contributed by atoms with Crippen LogP contribution in [0.5, 0.6) is 11.5 Å². The predicted octanol–water partition coefficient (Wildman–Crippen LogP) is 5.37. The van der Waals surface area contributed by atoms with Gasteiger partial charge < -0.3 is 14.8 Å². The third kappa shape index (κ3) is 6.15. The van der Waals surface area contributed by atoms with Gasteiger partial charge in [0.15, 0.2) is 0 Å². The molecule has 2 aromatic carbocycles. The summed E-state index contributed by atoms with van der Waals surface area (Å²) in [6, 6.07) is 16.3. The second kappa shape index (κ2) is 9.21. The van der Waals surface area contributed by atoms with Crippen LogP contribution in [-0.4, -0.2) is 13.2 Å². The molecule has 3 heteroatoms. The molecule has 0 saturated carbocycles. The Balaban J connectivity index is 1.91. The lowest BCUT2D eigenvalue weighted by molar-refractivity contribution is 0.269. The SMILES string of the molecule is CC(C)COc1ccc(NCc2ccccc2OCC(C)C)cc1. The van der Waals surface area contributed by atoms with Crippen molar-refractivity contribution >= 4 is 5.69 Å². The third-order valence-corrected chi connectivity index (χ3v) is 3.47. The van der Waals surface area contributed by atoms with Gasteiger partial charge in [-0.1, -0.05) is 45.9 Å². The van der Waals surface area contributed by atoms with E-state index in [0.29, 0.717) is 11.8 Å². The van der Waals surface area contributed by atoms with Crippen LogP contribution in [0.2, 0.25) is 0 Å². The summed E-state index contributed by atoms with van der Waals surface area (Å²) in [7, 11) is 0. The summed E-state index contributed by atoms with van der Waals surface area (Å²) in [5, 5.41) is 3.45. The van der Waals surface area contributed by atoms with Crippen LogP contribution >= 0.6 is 0 Å². The highest BCUT2D eigenvalue weighted by Gasteiger charge is 2.04. The summed E-state index contributed by atoms with van der Waals surface area (Å²) in [5.41, 5.74) is 2.24. The molecule has 0 heterocycles. The van der Waals surface area contributed by atoms with Crippen molar-refractivity contribution < 1.29 is 9.47 Å². The summed E-state index contributed by atoms with van der Waals surface area (Å²) in [6.07, 6.45) is 0. The van der Waals surface area contributed by atoms with Gasteiger partial charge in [0, 0.05) is 17.8 Å². The van der Waals surface area contributed by atoms with Crippen LogP contribution in [0.3, 0.4) is 0 Å².